The molecule has 0 saturated heterocycles. The number of H-pyrrole nitrogens is 1. The normalized spacial score (nSPS) is 11.9. The molecule has 0 aliphatic carbocycles. The summed E-state index contributed by atoms with van der Waals surface area (Å²) >= 11 is 0. The van der Waals surface area contributed by atoms with Crippen molar-refractivity contribution in [3.8, 4) is 11.6 Å². The van der Waals surface area contributed by atoms with Gasteiger partial charge < -0.3 is 28.4 Å². The SMILES string of the molecule is O=P([O-])([O-])OCc1cnc(-c2ccno2)[nH]1. The topological polar surface area (TPSA) is 127 Å². The second-order valence-electron chi connectivity index (χ2n) is 2.85. The van der Waals surface area contributed by atoms with Gasteiger partial charge in [0.15, 0.2) is 5.82 Å². The lowest BCUT2D eigenvalue weighted by atomic mass is 10.4. The summed E-state index contributed by atoms with van der Waals surface area (Å²) in [4.78, 5) is 27.1. The van der Waals surface area contributed by atoms with E-state index in [1.165, 1.54) is 12.4 Å². The van der Waals surface area contributed by atoms with Crippen LogP contribution in [0.25, 0.3) is 11.6 Å². The zero-order valence-electron chi connectivity index (χ0n) is 7.82. The zero-order valence-corrected chi connectivity index (χ0v) is 8.72. The van der Waals surface area contributed by atoms with Crippen LogP contribution in [-0.2, 0) is 15.7 Å². The van der Waals surface area contributed by atoms with E-state index < -0.39 is 7.82 Å². The Labute approximate surface area is 89.5 Å². The van der Waals surface area contributed by atoms with E-state index in [0.717, 1.165) is 0 Å². The lowest BCUT2D eigenvalue weighted by Crippen LogP contribution is -2.16. The van der Waals surface area contributed by atoms with Crippen LogP contribution < -0.4 is 9.79 Å². The van der Waals surface area contributed by atoms with Gasteiger partial charge in [-0.15, -0.1) is 0 Å². The molecule has 2 rings (SSSR count). The van der Waals surface area contributed by atoms with E-state index in [1.807, 2.05) is 0 Å². The van der Waals surface area contributed by atoms with Crippen molar-refractivity contribution < 1.29 is 23.4 Å². The molecule has 0 bridgehead atoms. The monoisotopic (exact) mass is 243 g/mol. The standard InChI is InChI=1S/C7H8N3O5P/c11-16(12,13)14-4-5-3-8-7(10-5)6-1-2-9-15-6/h1-3H,4H2,(H,8,10)(H2,11,12,13)/p-2. The average molecular weight is 243 g/mol. The Morgan fingerprint density at radius 1 is 1.56 bits per heavy atom. The summed E-state index contributed by atoms with van der Waals surface area (Å²) in [5.41, 5.74) is 0.346. The molecule has 0 aliphatic heterocycles. The van der Waals surface area contributed by atoms with Gasteiger partial charge in [0.05, 0.1) is 32.5 Å². The van der Waals surface area contributed by atoms with Gasteiger partial charge in [-0.3, -0.25) is 0 Å². The first kappa shape index (κ1) is 11.0. The van der Waals surface area contributed by atoms with Crippen molar-refractivity contribution in [2.45, 2.75) is 6.61 Å². The van der Waals surface area contributed by atoms with Crippen LogP contribution in [0.5, 0.6) is 0 Å². The van der Waals surface area contributed by atoms with E-state index in [2.05, 4.69) is 19.6 Å². The first-order chi connectivity index (χ1) is 7.54. The first-order valence-corrected chi connectivity index (χ1v) is 5.62. The van der Waals surface area contributed by atoms with Crippen LogP contribution in [0.15, 0.2) is 23.0 Å². The van der Waals surface area contributed by atoms with Crippen molar-refractivity contribution >= 4 is 7.82 Å². The van der Waals surface area contributed by atoms with Crippen molar-refractivity contribution in [1.82, 2.24) is 15.1 Å². The minimum atomic E-state index is -4.97. The van der Waals surface area contributed by atoms with Crippen LogP contribution in [-0.4, -0.2) is 15.1 Å². The highest BCUT2D eigenvalue weighted by Gasteiger charge is 2.07. The first-order valence-electron chi connectivity index (χ1n) is 4.16. The minimum Gasteiger partial charge on any atom is -0.790 e. The maximum absolute atomic E-state index is 10.2. The second-order valence-corrected chi connectivity index (χ2v) is 4.01. The Bertz CT molecular complexity index is 502. The zero-order chi connectivity index (χ0) is 11.6. The number of hydrogen-bond acceptors (Lipinski definition) is 7. The maximum Gasteiger partial charge on any atom is 0.202 e. The maximum atomic E-state index is 10.2. The molecule has 8 nitrogen and oxygen atoms in total. The molecule has 0 amide bonds. The quantitative estimate of drug-likeness (QED) is 0.710. The number of nitrogens with zero attached hydrogens (tertiary/aromatic N) is 2. The van der Waals surface area contributed by atoms with Gasteiger partial charge in [0, 0.05) is 6.07 Å². The van der Waals surface area contributed by atoms with Gasteiger partial charge in [-0.25, -0.2) is 4.98 Å². The predicted octanol–water partition coefficient (Wildman–Crippen LogP) is -0.590. The Morgan fingerprint density at radius 2 is 2.38 bits per heavy atom. The molecular formula is C7H6N3O5P-2. The number of aromatic nitrogens is 3. The van der Waals surface area contributed by atoms with Crippen molar-refractivity contribution in [3.05, 3.63) is 24.2 Å². The highest BCUT2D eigenvalue weighted by Crippen LogP contribution is 2.26. The molecule has 0 radical (unpaired) electrons. The molecule has 2 heterocycles. The lowest BCUT2D eigenvalue weighted by Gasteiger charge is -2.27. The molecule has 0 fully saturated rings. The molecule has 0 aliphatic rings. The average Bonchev–Trinajstić information content (AvgIpc) is 2.84. The Morgan fingerprint density at radius 3 is 3.00 bits per heavy atom. The molecule has 9 heteroatoms. The minimum absolute atomic E-state index is 0.346. The summed E-state index contributed by atoms with van der Waals surface area (Å²) in [6.07, 6.45) is 2.78. The summed E-state index contributed by atoms with van der Waals surface area (Å²) in [5, 5.41) is 3.48. The number of nitrogens with one attached hydrogen (secondary N) is 1. The van der Waals surface area contributed by atoms with Crippen LogP contribution in [0.4, 0.5) is 0 Å². The number of aromatic amines is 1. The molecule has 0 spiro atoms. The summed E-state index contributed by atoms with van der Waals surface area (Å²) in [5.74, 6) is 0.779. The van der Waals surface area contributed by atoms with E-state index in [4.69, 9.17) is 4.52 Å². The van der Waals surface area contributed by atoms with Gasteiger partial charge in [0.25, 0.3) is 0 Å². The summed E-state index contributed by atoms with van der Waals surface area (Å²) in [6, 6.07) is 1.58. The number of rotatable bonds is 4. The molecule has 0 atom stereocenters. The summed E-state index contributed by atoms with van der Waals surface area (Å²) < 4.78 is 19.1. The number of phosphoric ester groups is 1. The Balaban J connectivity index is 2.06. The molecular weight excluding hydrogens is 237 g/mol. The van der Waals surface area contributed by atoms with Crippen molar-refractivity contribution in [3.63, 3.8) is 0 Å². The fourth-order valence-electron chi connectivity index (χ4n) is 1.04. The third kappa shape index (κ3) is 2.77. The number of imidazole rings is 1. The van der Waals surface area contributed by atoms with Crippen molar-refractivity contribution in [2.75, 3.05) is 0 Å². The molecule has 16 heavy (non-hydrogen) atoms. The van der Waals surface area contributed by atoms with Crippen molar-refractivity contribution in [1.29, 1.82) is 0 Å². The summed E-state index contributed by atoms with van der Waals surface area (Å²) in [7, 11) is -4.97. The lowest BCUT2D eigenvalue weighted by molar-refractivity contribution is -0.342. The molecule has 2 aromatic rings. The third-order valence-corrected chi connectivity index (χ3v) is 2.12. The van der Waals surface area contributed by atoms with E-state index >= 15 is 0 Å². The Kier molecular flexibility index (Phi) is 2.88. The number of hydrogen-bond donors (Lipinski definition) is 1. The highest BCUT2D eigenvalue weighted by molar-refractivity contribution is 7.43. The molecule has 0 unspecified atom stereocenters. The molecule has 86 valence electrons. The molecule has 2 aromatic heterocycles. The van der Waals surface area contributed by atoms with Gasteiger partial charge >= 0.3 is 0 Å². The van der Waals surface area contributed by atoms with E-state index in [1.54, 1.807) is 6.07 Å². The molecule has 0 aromatic carbocycles. The molecule has 1 N–H and O–H groups in total. The highest BCUT2D eigenvalue weighted by atomic mass is 31.2. The fraction of sp³-hybridized carbons (Fsp3) is 0.143. The van der Waals surface area contributed by atoms with Gasteiger partial charge in [0.2, 0.25) is 5.76 Å². The predicted molar refractivity (Wildman–Crippen MR) is 46.5 cm³/mol. The van der Waals surface area contributed by atoms with Crippen molar-refractivity contribution in [2.24, 2.45) is 0 Å². The van der Waals surface area contributed by atoms with Crippen LogP contribution in [0.1, 0.15) is 5.69 Å². The van der Waals surface area contributed by atoms with Gasteiger partial charge in [0.1, 0.15) is 0 Å². The second kappa shape index (κ2) is 4.18. The van der Waals surface area contributed by atoms with Gasteiger partial charge in [-0.05, 0) is 0 Å². The van der Waals surface area contributed by atoms with E-state index in [0.29, 0.717) is 17.3 Å². The largest absolute Gasteiger partial charge is 0.790 e. The van der Waals surface area contributed by atoms with Crippen LogP contribution in [0.2, 0.25) is 0 Å². The smallest absolute Gasteiger partial charge is 0.202 e. The van der Waals surface area contributed by atoms with E-state index in [-0.39, 0.29) is 6.61 Å². The third-order valence-electron chi connectivity index (χ3n) is 1.68. The summed E-state index contributed by atoms with van der Waals surface area (Å²) in [6.45, 7) is -0.384. The fourth-order valence-corrected chi connectivity index (χ4v) is 1.34. The van der Waals surface area contributed by atoms with Crippen LogP contribution in [0, 0.1) is 0 Å². The van der Waals surface area contributed by atoms with Gasteiger partial charge in [-0.2, -0.15) is 0 Å². The van der Waals surface area contributed by atoms with E-state index in [9.17, 15) is 14.4 Å². The number of phosphoric acid groups is 1. The van der Waals surface area contributed by atoms with Gasteiger partial charge in [-0.1, -0.05) is 5.16 Å². The Hall–Kier alpha value is -1.47. The van der Waals surface area contributed by atoms with Crippen LogP contribution >= 0.6 is 7.82 Å². The molecule has 0 saturated carbocycles. The van der Waals surface area contributed by atoms with Crippen LogP contribution in [0.3, 0.4) is 0 Å².